The monoisotopic (exact) mass is 309 g/mol. The second kappa shape index (κ2) is 6.65. The van der Waals surface area contributed by atoms with Crippen LogP contribution in [-0.2, 0) is 0 Å². The summed E-state index contributed by atoms with van der Waals surface area (Å²) in [5.41, 5.74) is 1.39. The van der Waals surface area contributed by atoms with Crippen molar-refractivity contribution >= 4 is 17.6 Å². The molecule has 1 N–H and O–H groups in total. The summed E-state index contributed by atoms with van der Waals surface area (Å²) in [5, 5.41) is 9.11. The fraction of sp³-hybridized carbons (Fsp3) is 0.263. The number of carbonyl (C=O) groups is 2. The average Bonchev–Trinajstić information content (AvgIpc) is 2.54. The third kappa shape index (κ3) is 3.42. The van der Waals surface area contributed by atoms with Gasteiger partial charge in [-0.2, -0.15) is 0 Å². The molecule has 0 unspecified atom stereocenters. The summed E-state index contributed by atoms with van der Waals surface area (Å²) < 4.78 is 0. The Bertz CT molecular complexity index is 708. The first-order valence-electron chi connectivity index (χ1n) is 7.85. The van der Waals surface area contributed by atoms with E-state index in [1.54, 1.807) is 17.0 Å². The minimum atomic E-state index is -1.02. The van der Waals surface area contributed by atoms with Crippen molar-refractivity contribution in [3.8, 4) is 0 Å². The van der Waals surface area contributed by atoms with Crippen LogP contribution in [0.4, 0.5) is 5.69 Å². The van der Waals surface area contributed by atoms with E-state index in [1.165, 1.54) is 18.6 Å². The van der Waals surface area contributed by atoms with E-state index in [1.807, 2.05) is 30.3 Å². The molecule has 2 aromatic rings. The molecule has 0 atom stereocenters. The lowest BCUT2D eigenvalue weighted by molar-refractivity contribution is 0.0697. The molecule has 23 heavy (non-hydrogen) atoms. The van der Waals surface area contributed by atoms with Gasteiger partial charge in [0.1, 0.15) is 0 Å². The number of anilines is 1. The number of amides is 1. The maximum absolute atomic E-state index is 12.9. The van der Waals surface area contributed by atoms with E-state index in [2.05, 4.69) is 0 Å². The van der Waals surface area contributed by atoms with Gasteiger partial charge in [-0.15, -0.1) is 0 Å². The van der Waals surface area contributed by atoms with Crippen molar-refractivity contribution in [1.82, 2.24) is 0 Å². The number of aromatic carboxylic acids is 1. The molecular formula is C19H19NO3. The van der Waals surface area contributed by atoms with E-state index >= 15 is 0 Å². The molecule has 1 amide bonds. The number of nitrogens with zero attached hydrogens (tertiary/aromatic N) is 1. The topological polar surface area (TPSA) is 57.6 Å². The summed E-state index contributed by atoms with van der Waals surface area (Å²) in [7, 11) is 0. The van der Waals surface area contributed by atoms with E-state index in [9.17, 15) is 9.59 Å². The molecule has 1 aliphatic rings. The average molecular weight is 309 g/mol. The normalized spacial score (nSPS) is 14.1. The zero-order valence-corrected chi connectivity index (χ0v) is 12.8. The standard InChI is InChI=1S/C19H19NO3/c21-18(15-8-5-9-16(12-15)19(22)23)20(13-14-6-4-7-14)17-10-2-1-3-11-17/h1-3,5,8-12,14H,4,6-7,13H2,(H,22,23). The van der Waals surface area contributed by atoms with E-state index in [0.717, 1.165) is 18.5 Å². The van der Waals surface area contributed by atoms with Gasteiger partial charge in [0, 0.05) is 17.8 Å². The van der Waals surface area contributed by atoms with Crippen molar-refractivity contribution < 1.29 is 14.7 Å². The number of rotatable bonds is 5. The van der Waals surface area contributed by atoms with Crippen molar-refractivity contribution in [2.24, 2.45) is 5.92 Å². The Labute approximate surface area is 135 Å². The SMILES string of the molecule is O=C(O)c1cccc(C(=O)N(CC2CCC2)c2ccccc2)c1. The number of hydrogen-bond donors (Lipinski definition) is 1. The Morgan fingerprint density at radius 1 is 1.00 bits per heavy atom. The summed E-state index contributed by atoms with van der Waals surface area (Å²) >= 11 is 0. The maximum atomic E-state index is 12.9. The van der Waals surface area contributed by atoms with Crippen LogP contribution >= 0.6 is 0 Å². The fourth-order valence-corrected chi connectivity index (χ4v) is 2.79. The van der Waals surface area contributed by atoms with Gasteiger partial charge in [0.2, 0.25) is 0 Å². The Balaban J connectivity index is 1.90. The molecule has 0 aliphatic heterocycles. The van der Waals surface area contributed by atoms with Crippen LogP contribution < -0.4 is 4.90 Å². The highest BCUT2D eigenvalue weighted by Crippen LogP contribution is 2.29. The first kappa shape index (κ1) is 15.3. The smallest absolute Gasteiger partial charge is 0.335 e. The Morgan fingerprint density at radius 3 is 2.30 bits per heavy atom. The van der Waals surface area contributed by atoms with Gasteiger partial charge in [0.25, 0.3) is 5.91 Å². The Hall–Kier alpha value is -2.62. The third-order valence-corrected chi connectivity index (χ3v) is 4.34. The van der Waals surface area contributed by atoms with Crippen LogP contribution in [-0.4, -0.2) is 23.5 Å². The van der Waals surface area contributed by atoms with Gasteiger partial charge in [-0.3, -0.25) is 4.79 Å². The van der Waals surface area contributed by atoms with Crippen molar-refractivity contribution in [3.63, 3.8) is 0 Å². The lowest BCUT2D eigenvalue weighted by Gasteiger charge is -2.32. The summed E-state index contributed by atoms with van der Waals surface area (Å²) in [4.78, 5) is 25.8. The van der Waals surface area contributed by atoms with Gasteiger partial charge in [-0.1, -0.05) is 30.7 Å². The van der Waals surface area contributed by atoms with Crippen molar-refractivity contribution in [3.05, 3.63) is 65.7 Å². The van der Waals surface area contributed by atoms with Gasteiger partial charge in [0.05, 0.1) is 5.56 Å². The highest BCUT2D eigenvalue weighted by Gasteiger charge is 2.25. The maximum Gasteiger partial charge on any atom is 0.335 e. The van der Waals surface area contributed by atoms with Crippen LogP contribution in [0.3, 0.4) is 0 Å². The van der Waals surface area contributed by atoms with Crippen LogP contribution in [0, 0.1) is 5.92 Å². The van der Waals surface area contributed by atoms with Crippen molar-refractivity contribution in [2.45, 2.75) is 19.3 Å². The third-order valence-electron chi connectivity index (χ3n) is 4.34. The molecule has 0 aromatic heterocycles. The number of benzene rings is 2. The molecule has 2 aromatic carbocycles. The van der Waals surface area contributed by atoms with Crippen molar-refractivity contribution in [1.29, 1.82) is 0 Å². The predicted octanol–water partition coefficient (Wildman–Crippen LogP) is 3.83. The summed E-state index contributed by atoms with van der Waals surface area (Å²) in [6.45, 7) is 0.681. The lowest BCUT2D eigenvalue weighted by Crippen LogP contribution is -2.37. The molecular weight excluding hydrogens is 290 g/mol. The van der Waals surface area contributed by atoms with Crippen LogP contribution in [0.15, 0.2) is 54.6 Å². The molecule has 0 heterocycles. The molecule has 0 radical (unpaired) electrons. The van der Waals surface area contributed by atoms with E-state index in [-0.39, 0.29) is 11.5 Å². The Morgan fingerprint density at radius 2 is 1.70 bits per heavy atom. The van der Waals surface area contributed by atoms with Crippen LogP contribution in [0.25, 0.3) is 0 Å². The van der Waals surface area contributed by atoms with Gasteiger partial charge in [-0.25, -0.2) is 4.79 Å². The van der Waals surface area contributed by atoms with Gasteiger partial charge >= 0.3 is 5.97 Å². The van der Waals surface area contributed by atoms with Crippen LogP contribution in [0.1, 0.15) is 40.0 Å². The zero-order chi connectivity index (χ0) is 16.2. The molecule has 0 saturated heterocycles. The summed E-state index contributed by atoms with van der Waals surface area (Å²) in [6, 6.07) is 15.8. The zero-order valence-electron chi connectivity index (χ0n) is 12.8. The number of hydrogen-bond acceptors (Lipinski definition) is 2. The highest BCUT2D eigenvalue weighted by atomic mass is 16.4. The largest absolute Gasteiger partial charge is 0.478 e. The van der Waals surface area contributed by atoms with Crippen LogP contribution in [0.5, 0.6) is 0 Å². The molecule has 4 heteroatoms. The molecule has 3 rings (SSSR count). The minimum absolute atomic E-state index is 0.132. The molecule has 1 aliphatic carbocycles. The van der Waals surface area contributed by atoms with E-state index in [4.69, 9.17) is 5.11 Å². The molecule has 1 fully saturated rings. The van der Waals surface area contributed by atoms with E-state index < -0.39 is 5.97 Å². The number of para-hydroxylation sites is 1. The van der Waals surface area contributed by atoms with Gasteiger partial charge < -0.3 is 10.0 Å². The molecule has 118 valence electrons. The summed E-state index contributed by atoms with van der Waals surface area (Å²) in [6.07, 6.45) is 3.51. The highest BCUT2D eigenvalue weighted by molar-refractivity contribution is 6.07. The first-order valence-corrected chi connectivity index (χ1v) is 7.85. The molecule has 4 nitrogen and oxygen atoms in total. The van der Waals surface area contributed by atoms with Gasteiger partial charge in [0.15, 0.2) is 0 Å². The Kier molecular flexibility index (Phi) is 4.42. The fourth-order valence-electron chi connectivity index (χ4n) is 2.79. The van der Waals surface area contributed by atoms with Gasteiger partial charge in [-0.05, 0) is 49.1 Å². The predicted molar refractivity (Wildman–Crippen MR) is 88.9 cm³/mol. The number of carboxylic acids is 1. The van der Waals surface area contributed by atoms with E-state index in [0.29, 0.717) is 18.0 Å². The summed E-state index contributed by atoms with van der Waals surface area (Å²) in [5.74, 6) is -0.641. The van der Waals surface area contributed by atoms with Crippen LogP contribution in [0.2, 0.25) is 0 Å². The second-order valence-corrected chi connectivity index (χ2v) is 5.93. The quantitative estimate of drug-likeness (QED) is 0.913. The number of carbonyl (C=O) groups excluding carboxylic acids is 1. The van der Waals surface area contributed by atoms with Crippen molar-refractivity contribution in [2.75, 3.05) is 11.4 Å². The minimum Gasteiger partial charge on any atom is -0.478 e. The molecule has 0 spiro atoms. The lowest BCUT2D eigenvalue weighted by atomic mass is 9.85. The molecule has 0 bridgehead atoms. The first-order chi connectivity index (χ1) is 11.1. The second-order valence-electron chi connectivity index (χ2n) is 5.93. The molecule has 1 saturated carbocycles. The number of carboxylic acid groups (broad SMARTS) is 1.